The van der Waals surface area contributed by atoms with Gasteiger partial charge in [0.1, 0.15) is 11.6 Å². The molecule has 2 N–H and O–H groups in total. The number of rotatable bonds is 6. The molecule has 8 nitrogen and oxygen atoms in total. The number of carbonyl (C=O) groups excluding carboxylic acids is 1. The summed E-state index contributed by atoms with van der Waals surface area (Å²) in [4.78, 5) is 24.6. The third kappa shape index (κ3) is 4.98. The van der Waals surface area contributed by atoms with Crippen LogP contribution in [0.25, 0.3) is 11.1 Å². The molecule has 0 spiro atoms. The Labute approximate surface area is 169 Å². The highest BCUT2D eigenvalue weighted by atomic mass is 16.5. The summed E-state index contributed by atoms with van der Waals surface area (Å²) in [5, 5.41) is 5.14. The zero-order valence-corrected chi connectivity index (χ0v) is 16.8. The smallest absolute Gasteiger partial charge is 0.320 e. The van der Waals surface area contributed by atoms with Crippen molar-refractivity contribution in [2.24, 2.45) is 0 Å². The molecule has 3 heterocycles. The van der Waals surface area contributed by atoms with E-state index in [9.17, 15) is 4.79 Å². The zero-order valence-electron chi connectivity index (χ0n) is 16.8. The summed E-state index contributed by atoms with van der Waals surface area (Å²) < 4.78 is 11.5. The number of pyridine rings is 3. The van der Waals surface area contributed by atoms with Gasteiger partial charge in [-0.15, -0.1) is 0 Å². The number of hydrogen-bond donors (Lipinski definition) is 2. The molecule has 0 saturated heterocycles. The number of aromatic nitrogens is 3. The van der Waals surface area contributed by atoms with Crippen LogP contribution in [0.4, 0.5) is 10.6 Å². The number of anilines is 1. The monoisotopic (exact) mass is 393 g/mol. The van der Waals surface area contributed by atoms with Gasteiger partial charge in [-0.05, 0) is 38.0 Å². The Balaban J connectivity index is 1.99. The van der Waals surface area contributed by atoms with Gasteiger partial charge in [-0.2, -0.15) is 0 Å². The van der Waals surface area contributed by atoms with E-state index in [0.717, 1.165) is 16.7 Å². The van der Waals surface area contributed by atoms with Gasteiger partial charge in [0, 0.05) is 55.0 Å². The average Bonchev–Trinajstić information content (AvgIpc) is 2.72. The quantitative estimate of drug-likeness (QED) is 0.654. The molecule has 0 aliphatic heterocycles. The Kier molecular flexibility index (Phi) is 6.23. The van der Waals surface area contributed by atoms with Crippen LogP contribution in [0.3, 0.4) is 0 Å². The summed E-state index contributed by atoms with van der Waals surface area (Å²) >= 11 is 0. The maximum atomic E-state index is 11.6. The molecule has 0 radical (unpaired) electrons. The fraction of sp³-hybridized carbons (Fsp3) is 0.238. The van der Waals surface area contributed by atoms with Crippen LogP contribution in [0.2, 0.25) is 0 Å². The van der Waals surface area contributed by atoms with Crippen LogP contribution in [0, 0.1) is 13.8 Å². The lowest BCUT2D eigenvalue weighted by Gasteiger charge is -2.13. The van der Waals surface area contributed by atoms with E-state index in [4.69, 9.17) is 9.47 Å². The maximum Gasteiger partial charge on any atom is 0.320 e. The lowest BCUT2D eigenvalue weighted by atomic mass is 10.1. The predicted octanol–water partition coefficient (Wildman–Crippen LogP) is 4.10. The molecule has 0 aromatic carbocycles. The number of carbonyl (C=O) groups is 1. The number of urea groups is 1. The van der Waals surface area contributed by atoms with Crippen molar-refractivity contribution in [2.45, 2.75) is 20.8 Å². The highest BCUT2D eigenvalue weighted by Gasteiger charge is 2.13. The number of amides is 2. The molecule has 29 heavy (non-hydrogen) atoms. The van der Waals surface area contributed by atoms with Crippen LogP contribution in [0.15, 0.2) is 42.9 Å². The normalized spacial score (nSPS) is 10.3. The molecule has 0 unspecified atom stereocenters. The van der Waals surface area contributed by atoms with Gasteiger partial charge in [-0.1, -0.05) is 0 Å². The van der Waals surface area contributed by atoms with Gasteiger partial charge in [0.2, 0.25) is 11.8 Å². The van der Waals surface area contributed by atoms with E-state index in [0.29, 0.717) is 35.5 Å². The molecule has 3 rings (SSSR count). The predicted molar refractivity (Wildman–Crippen MR) is 111 cm³/mol. The molecule has 8 heteroatoms. The Morgan fingerprint density at radius 1 is 1.00 bits per heavy atom. The van der Waals surface area contributed by atoms with Gasteiger partial charge < -0.3 is 14.8 Å². The number of nitrogens with one attached hydrogen (secondary N) is 2. The number of ether oxygens (including phenoxy) is 2. The second-order valence-electron chi connectivity index (χ2n) is 6.30. The summed E-state index contributed by atoms with van der Waals surface area (Å²) in [7, 11) is 1.53. The summed E-state index contributed by atoms with van der Waals surface area (Å²) in [6, 6.07) is 6.80. The largest absolute Gasteiger partial charge is 0.478 e. The highest BCUT2D eigenvalue weighted by molar-refractivity contribution is 5.88. The third-order valence-corrected chi connectivity index (χ3v) is 4.24. The van der Waals surface area contributed by atoms with Gasteiger partial charge in [0.15, 0.2) is 0 Å². The average molecular weight is 393 g/mol. The molecule has 0 bridgehead atoms. The molecule has 0 atom stereocenters. The number of nitrogens with zero attached hydrogens (tertiary/aromatic N) is 3. The second-order valence-corrected chi connectivity index (χ2v) is 6.30. The van der Waals surface area contributed by atoms with Gasteiger partial charge in [0.25, 0.3) is 0 Å². The van der Waals surface area contributed by atoms with Crippen LogP contribution in [0.1, 0.15) is 18.1 Å². The first-order valence-corrected chi connectivity index (χ1v) is 9.19. The summed E-state index contributed by atoms with van der Waals surface area (Å²) in [5.41, 5.74) is 3.65. The van der Waals surface area contributed by atoms with E-state index < -0.39 is 0 Å². The minimum absolute atomic E-state index is 0.353. The molecule has 3 aromatic heterocycles. The first kappa shape index (κ1) is 20.1. The maximum absolute atomic E-state index is 11.6. The lowest BCUT2D eigenvalue weighted by Crippen LogP contribution is -2.24. The highest BCUT2D eigenvalue weighted by Crippen LogP contribution is 2.34. The van der Waals surface area contributed by atoms with Crippen molar-refractivity contribution in [3.05, 3.63) is 54.0 Å². The third-order valence-electron chi connectivity index (χ3n) is 4.24. The van der Waals surface area contributed by atoms with Crippen LogP contribution < -0.4 is 20.1 Å². The molecular formula is C21H23N5O3. The minimum Gasteiger partial charge on any atom is -0.478 e. The second kappa shape index (κ2) is 9.01. The van der Waals surface area contributed by atoms with E-state index in [1.165, 1.54) is 7.05 Å². The van der Waals surface area contributed by atoms with Crippen LogP contribution >= 0.6 is 0 Å². The zero-order chi connectivity index (χ0) is 20.8. The molecule has 2 amide bonds. The van der Waals surface area contributed by atoms with Crippen molar-refractivity contribution in [3.63, 3.8) is 0 Å². The molecule has 0 aliphatic carbocycles. The Bertz CT molecular complexity index is 1010. The van der Waals surface area contributed by atoms with Crippen molar-refractivity contribution in [2.75, 3.05) is 19.0 Å². The van der Waals surface area contributed by atoms with Crippen molar-refractivity contribution in [3.8, 4) is 28.6 Å². The van der Waals surface area contributed by atoms with Crippen LogP contribution in [-0.4, -0.2) is 34.6 Å². The summed E-state index contributed by atoms with van der Waals surface area (Å²) in [6.45, 7) is 6.42. The molecule has 0 aliphatic rings. The van der Waals surface area contributed by atoms with Crippen molar-refractivity contribution in [1.29, 1.82) is 0 Å². The van der Waals surface area contributed by atoms with Crippen LogP contribution in [0.5, 0.6) is 17.5 Å². The Morgan fingerprint density at radius 2 is 1.79 bits per heavy atom. The standard InChI is InChI=1S/C21H23N5O3/c1-5-28-19-7-6-15(11-25-19)16-12-23-18(26-21(27)22-4)9-17(16)29-20-8-13(2)14(3)10-24-20/h6-12H,5H2,1-4H3,(H2,22,23,26,27). The van der Waals surface area contributed by atoms with E-state index >= 15 is 0 Å². The van der Waals surface area contributed by atoms with Crippen LogP contribution in [-0.2, 0) is 0 Å². The molecule has 0 fully saturated rings. The van der Waals surface area contributed by atoms with Crippen molar-refractivity contribution in [1.82, 2.24) is 20.3 Å². The van der Waals surface area contributed by atoms with Crippen molar-refractivity contribution >= 4 is 11.8 Å². The van der Waals surface area contributed by atoms with Gasteiger partial charge in [-0.3, -0.25) is 5.32 Å². The molecule has 3 aromatic rings. The van der Waals surface area contributed by atoms with E-state index in [1.54, 1.807) is 30.7 Å². The van der Waals surface area contributed by atoms with E-state index in [1.807, 2.05) is 32.9 Å². The topological polar surface area (TPSA) is 98.3 Å². The fourth-order valence-corrected chi connectivity index (χ4v) is 2.53. The SMILES string of the molecule is CCOc1ccc(-c2cnc(NC(=O)NC)cc2Oc2cc(C)c(C)cn2)cn1. The molecule has 150 valence electrons. The lowest BCUT2D eigenvalue weighted by molar-refractivity contribution is 0.254. The van der Waals surface area contributed by atoms with Crippen molar-refractivity contribution < 1.29 is 14.3 Å². The van der Waals surface area contributed by atoms with Gasteiger partial charge in [0.05, 0.1) is 6.61 Å². The van der Waals surface area contributed by atoms with Gasteiger partial charge >= 0.3 is 6.03 Å². The van der Waals surface area contributed by atoms with E-state index in [-0.39, 0.29) is 6.03 Å². The molecule has 0 saturated carbocycles. The fourth-order valence-electron chi connectivity index (χ4n) is 2.53. The minimum atomic E-state index is -0.372. The number of hydrogen-bond acceptors (Lipinski definition) is 6. The first-order valence-electron chi connectivity index (χ1n) is 9.19. The Hall–Kier alpha value is -3.68. The first-order chi connectivity index (χ1) is 14.0. The summed E-state index contributed by atoms with van der Waals surface area (Å²) in [5.74, 6) is 1.84. The van der Waals surface area contributed by atoms with E-state index in [2.05, 4.69) is 25.6 Å². The number of aryl methyl sites for hydroxylation is 2. The summed E-state index contributed by atoms with van der Waals surface area (Å²) in [6.07, 6.45) is 5.07. The van der Waals surface area contributed by atoms with Gasteiger partial charge in [-0.25, -0.2) is 19.7 Å². The Morgan fingerprint density at radius 3 is 2.45 bits per heavy atom. The molecular weight excluding hydrogens is 370 g/mol.